The van der Waals surface area contributed by atoms with E-state index < -0.39 is 0 Å². The second kappa shape index (κ2) is 12.2. The second-order valence-corrected chi connectivity index (χ2v) is 9.93. The Morgan fingerprint density at radius 1 is 0.943 bits per heavy atom. The van der Waals surface area contributed by atoms with E-state index in [4.69, 9.17) is 4.74 Å². The fourth-order valence-corrected chi connectivity index (χ4v) is 4.95. The lowest BCUT2D eigenvalue weighted by molar-refractivity contribution is -0.126. The van der Waals surface area contributed by atoms with Crippen LogP contribution in [0.15, 0.2) is 48.5 Å². The van der Waals surface area contributed by atoms with E-state index in [2.05, 4.69) is 39.8 Å². The van der Waals surface area contributed by atoms with Crippen molar-refractivity contribution in [2.75, 3.05) is 45.7 Å². The van der Waals surface area contributed by atoms with Crippen LogP contribution in [0.1, 0.15) is 48.3 Å². The Kier molecular flexibility index (Phi) is 8.77. The number of hydrogen-bond donors (Lipinski definition) is 2. The predicted molar refractivity (Wildman–Crippen MR) is 138 cm³/mol. The number of benzene rings is 2. The molecule has 2 aromatic rings. The molecular formula is C28H38N4O3. The van der Waals surface area contributed by atoms with Crippen molar-refractivity contribution < 1.29 is 14.3 Å². The van der Waals surface area contributed by atoms with Gasteiger partial charge in [-0.2, -0.15) is 0 Å². The van der Waals surface area contributed by atoms with Gasteiger partial charge in [0.15, 0.2) is 0 Å². The number of carbonyl (C=O) groups excluding carboxylic acids is 2. The van der Waals surface area contributed by atoms with Crippen LogP contribution in [0.4, 0.5) is 10.5 Å². The second-order valence-electron chi connectivity index (χ2n) is 9.93. The SMILES string of the molecule is CN(C)CCOCCNC(=O)C1CCC(c2ccc(NC(=O)N3Cc4ccccc4C3)cc2)CC1. The Morgan fingerprint density at radius 3 is 2.23 bits per heavy atom. The molecule has 188 valence electrons. The number of urea groups is 1. The summed E-state index contributed by atoms with van der Waals surface area (Å²) in [5, 5.41) is 6.06. The van der Waals surface area contributed by atoms with Crippen LogP contribution < -0.4 is 10.6 Å². The van der Waals surface area contributed by atoms with E-state index in [1.807, 2.05) is 43.3 Å². The lowest BCUT2D eigenvalue weighted by Crippen LogP contribution is -2.35. The Balaban J connectivity index is 1.17. The fourth-order valence-electron chi connectivity index (χ4n) is 4.95. The van der Waals surface area contributed by atoms with Gasteiger partial charge in [-0.3, -0.25) is 4.79 Å². The highest BCUT2D eigenvalue weighted by atomic mass is 16.5. The average Bonchev–Trinajstić information content (AvgIpc) is 3.31. The summed E-state index contributed by atoms with van der Waals surface area (Å²) in [4.78, 5) is 29.1. The third-order valence-corrected chi connectivity index (χ3v) is 7.09. The number of likely N-dealkylation sites (N-methyl/N-ethyl adjacent to an activating group) is 1. The monoisotopic (exact) mass is 478 g/mol. The molecule has 2 aliphatic rings. The van der Waals surface area contributed by atoms with Crippen molar-refractivity contribution in [3.05, 3.63) is 65.2 Å². The maximum atomic E-state index is 12.7. The molecule has 3 amide bonds. The third kappa shape index (κ3) is 7.05. The van der Waals surface area contributed by atoms with Crippen LogP contribution in [0.3, 0.4) is 0 Å². The van der Waals surface area contributed by atoms with E-state index in [-0.39, 0.29) is 17.9 Å². The molecule has 0 saturated heterocycles. The zero-order valence-electron chi connectivity index (χ0n) is 21.0. The molecule has 1 fully saturated rings. The van der Waals surface area contributed by atoms with Gasteiger partial charge in [0, 0.05) is 37.8 Å². The number of amides is 3. The number of carbonyl (C=O) groups is 2. The van der Waals surface area contributed by atoms with E-state index in [9.17, 15) is 9.59 Å². The molecule has 1 heterocycles. The van der Waals surface area contributed by atoms with Gasteiger partial charge < -0.3 is 25.2 Å². The van der Waals surface area contributed by atoms with Crippen LogP contribution in [-0.4, -0.2) is 62.1 Å². The zero-order chi connectivity index (χ0) is 24.6. The molecule has 7 heteroatoms. The van der Waals surface area contributed by atoms with Crippen molar-refractivity contribution in [3.8, 4) is 0 Å². The molecule has 0 bridgehead atoms. The highest BCUT2D eigenvalue weighted by Crippen LogP contribution is 2.36. The largest absolute Gasteiger partial charge is 0.378 e. The Bertz CT molecular complexity index is 959. The molecule has 2 N–H and O–H groups in total. The molecule has 1 aliphatic heterocycles. The van der Waals surface area contributed by atoms with Gasteiger partial charge in [0.25, 0.3) is 0 Å². The van der Waals surface area contributed by atoms with Crippen LogP contribution in [0, 0.1) is 5.92 Å². The summed E-state index contributed by atoms with van der Waals surface area (Å²) in [6, 6.07) is 16.3. The summed E-state index contributed by atoms with van der Waals surface area (Å²) in [6.07, 6.45) is 3.84. The van der Waals surface area contributed by atoms with Crippen LogP contribution in [0.25, 0.3) is 0 Å². The molecule has 0 atom stereocenters. The summed E-state index contributed by atoms with van der Waals surface area (Å²) in [5.74, 6) is 0.712. The first kappa shape index (κ1) is 25.2. The Morgan fingerprint density at radius 2 is 1.60 bits per heavy atom. The van der Waals surface area contributed by atoms with Crippen molar-refractivity contribution in [2.24, 2.45) is 5.92 Å². The molecule has 35 heavy (non-hydrogen) atoms. The van der Waals surface area contributed by atoms with E-state index >= 15 is 0 Å². The number of hydrogen-bond acceptors (Lipinski definition) is 4. The van der Waals surface area contributed by atoms with Crippen molar-refractivity contribution in [1.82, 2.24) is 15.1 Å². The van der Waals surface area contributed by atoms with E-state index in [0.717, 1.165) is 37.9 Å². The normalized spacial score (nSPS) is 19.5. The molecule has 0 spiro atoms. The summed E-state index contributed by atoms with van der Waals surface area (Å²) < 4.78 is 5.55. The van der Waals surface area contributed by atoms with Crippen molar-refractivity contribution in [1.29, 1.82) is 0 Å². The maximum absolute atomic E-state index is 12.7. The number of ether oxygens (including phenoxy) is 1. The summed E-state index contributed by atoms with van der Waals surface area (Å²) in [6.45, 7) is 4.01. The number of fused-ring (bicyclic) bond motifs is 1. The van der Waals surface area contributed by atoms with Crippen molar-refractivity contribution in [3.63, 3.8) is 0 Å². The highest BCUT2D eigenvalue weighted by Gasteiger charge is 2.27. The minimum absolute atomic E-state index is 0.0661. The van der Waals surface area contributed by atoms with Gasteiger partial charge in [0.2, 0.25) is 5.91 Å². The molecule has 0 unspecified atom stereocenters. The maximum Gasteiger partial charge on any atom is 0.322 e. The van der Waals surface area contributed by atoms with E-state index in [1.165, 1.54) is 16.7 Å². The van der Waals surface area contributed by atoms with Crippen LogP contribution in [-0.2, 0) is 22.6 Å². The number of nitrogens with zero attached hydrogens (tertiary/aromatic N) is 2. The van der Waals surface area contributed by atoms with Gasteiger partial charge in [0.1, 0.15) is 0 Å². The molecule has 0 radical (unpaired) electrons. The molecule has 7 nitrogen and oxygen atoms in total. The van der Waals surface area contributed by atoms with Crippen molar-refractivity contribution >= 4 is 17.6 Å². The standard InChI is InChI=1S/C28H38N4O3/c1-31(2)16-18-35-17-15-29-27(33)23-9-7-21(8-10-23)22-11-13-26(14-12-22)30-28(34)32-19-24-5-3-4-6-25(24)20-32/h3-6,11-14,21,23H,7-10,15-20H2,1-2H3,(H,29,33)(H,30,34). The predicted octanol–water partition coefficient (Wildman–Crippen LogP) is 4.20. The summed E-state index contributed by atoms with van der Waals surface area (Å²) in [7, 11) is 4.03. The number of anilines is 1. The van der Waals surface area contributed by atoms with Gasteiger partial charge in [0.05, 0.1) is 13.2 Å². The summed E-state index contributed by atoms with van der Waals surface area (Å²) in [5.41, 5.74) is 4.53. The molecule has 4 rings (SSSR count). The first-order valence-electron chi connectivity index (χ1n) is 12.7. The molecule has 0 aromatic heterocycles. The molecule has 1 aliphatic carbocycles. The Hall–Kier alpha value is -2.90. The topological polar surface area (TPSA) is 73.9 Å². The van der Waals surface area contributed by atoms with Crippen LogP contribution in [0.2, 0.25) is 0 Å². The smallest absolute Gasteiger partial charge is 0.322 e. The highest BCUT2D eigenvalue weighted by molar-refractivity contribution is 5.89. The van der Waals surface area contributed by atoms with Crippen LogP contribution in [0.5, 0.6) is 0 Å². The quantitative estimate of drug-likeness (QED) is 0.530. The van der Waals surface area contributed by atoms with Gasteiger partial charge in [-0.1, -0.05) is 36.4 Å². The molecule has 1 saturated carbocycles. The van der Waals surface area contributed by atoms with E-state index in [1.54, 1.807) is 0 Å². The van der Waals surface area contributed by atoms with Gasteiger partial charge >= 0.3 is 6.03 Å². The first-order chi connectivity index (χ1) is 17.0. The fraction of sp³-hybridized carbons (Fsp3) is 0.500. The average molecular weight is 479 g/mol. The molecule has 2 aromatic carbocycles. The number of nitrogens with one attached hydrogen (secondary N) is 2. The Labute approximate surface area is 208 Å². The third-order valence-electron chi connectivity index (χ3n) is 7.09. The van der Waals surface area contributed by atoms with Gasteiger partial charge in [-0.25, -0.2) is 4.79 Å². The van der Waals surface area contributed by atoms with E-state index in [0.29, 0.717) is 38.8 Å². The zero-order valence-corrected chi connectivity index (χ0v) is 21.0. The minimum atomic E-state index is -0.0661. The van der Waals surface area contributed by atoms with Crippen molar-refractivity contribution in [2.45, 2.75) is 44.7 Å². The molecular weight excluding hydrogens is 440 g/mol. The van der Waals surface area contributed by atoms with Gasteiger partial charge in [-0.15, -0.1) is 0 Å². The van der Waals surface area contributed by atoms with Crippen LogP contribution >= 0.6 is 0 Å². The lowest BCUT2D eigenvalue weighted by atomic mass is 9.78. The minimum Gasteiger partial charge on any atom is -0.378 e. The summed E-state index contributed by atoms with van der Waals surface area (Å²) >= 11 is 0. The first-order valence-corrected chi connectivity index (χ1v) is 12.7. The number of rotatable bonds is 9. The van der Waals surface area contributed by atoms with Gasteiger partial charge in [-0.05, 0) is 74.5 Å². The lowest BCUT2D eigenvalue weighted by Gasteiger charge is -2.28.